The molecule has 0 amide bonds. The van der Waals surface area contributed by atoms with Crippen LogP contribution in [0.5, 0.6) is 0 Å². The maximum absolute atomic E-state index is 11.8. The minimum Gasteiger partial charge on any atom is -0.480 e. The number of carbonyl (C=O) groups is 1. The smallest absolute Gasteiger partial charge is 0.328 e. The molecule has 0 bridgehead atoms. The Morgan fingerprint density at radius 3 is 2.45 bits per heavy atom. The Hall–Kier alpha value is -1.00. The maximum atomic E-state index is 11.8. The van der Waals surface area contributed by atoms with E-state index in [1.165, 1.54) is 6.42 Å². The number of rotatable bonds is 9. The van der Waals surface area contributed by atoms with Gasteiger partial charge in [0.2, 0.25) is 0 Å². The highest BCUT2D eigenvalue weighted by Gasteiger charge is 2.38. The fraction of sp³-hybridized carbons (Fsp3) is 0.562. The lowest BCUT2D eigenvalue weighted by atomic mass is 9.87. The molecule has 0 aromatic heterocycles. The van der Waals surface area contributed by atoms with Crippen molar-refractivity contribution in [1.82, 2.24) is 5.32 Å². The molecule has 1 unspecified atom stereocenters. The molecule has 0 aliphatic rings. The number of carboxylic acids is 1. The average Bonchev–Trinajstić information content (AvgIpc) is 2.43. The van der Waals surface area contributed by atoms with Gasteiger partial charge in [-0.1, -0.05) is 44.2 Å². The summed E-state index contributed by atoms with van der Waals surface area (Å²) in [6.07, 6.45) is 1.77. The van der Waals surface area contributed by atoms with Crippen LogP contribution in [-0.2, 0) is 10.3 Å². The molecular formula is C16H25NO2S. The lowest BCUT2D eigenvalue weighted by Crippen LogP contribution is -2.47. The van der Waals surface area contributed by atoms with E-state index in [0.717, 1.165) is 17.1 Å². The van der Waals surface area contributed by atoms with Gasteiger partial charge in [-0.2, -0.15) is 11.8 Å². The molecule has 3 nitrogen and oxygen atoms in total. The van der Waals surface area contributed by atoms with Gasteiger partial charge in [0.05, 0.1) is 0 Å². The Labute approximate surface area is 126 Å². The Bertz CT molecular complexity index is 408. The van der Waals surface area contributed by atoms with Gasteiger partial charge in [-0.05, 0) is 42.9 Å². The zero-order valence-corrected chi connectivity index (χ0v) is 13.4. The third-order valence-corrected chi connectivity index (χ3v) is 4.54. The third-order valence-electron chi connectivity index (χ3n) is 3.52. The summed E-state index contributed by atoms with van der Waals surface area (Å²) < 4.78 is 0. The Kier molecular flexibility index (Phi) is 7.10. The molecule has 0 saturated carbocycles. The van der Waals surface area contributed by atoms with Crippen molar-refractivity contribution >= 4 is 17.7 Å². The predicted molar refractivity (Wildman–Crippen MR) is 86.2 cm³/mol. The lowest BCUT2D eigenvalue weighted by Gasteiger charge is -2.29. The monoisotopic (exact) mass is 295 g/mol. The van der Waals surface area contributed by atoms with Gasteiger partial charge >= 0.3 is 5.97 Å². The second kappa shape index (κ2) is 8.32. The summed E-state index contributed by atoms with van der Waals surface area (Å²) in [5.41, 5.74) is -0.161. The minimum absolute atomic E-state index is 0.589. The predicted octanol–water partition coefficient (Wildman–Crippen LogP) is 3.36. The topological polar surface area (TPSA) is 49.3 Å². The highest BCUT2D eigenvalue weighted by atomic mass is 32.2. The van der Waals surface area contributed by atoms with Gasteiger partial charge in [-0.25, -0.2) is 4.79 Å². The molecule has 0 radical (unpaired) electrons. The zero-order chi connectivity index (χ0) is 15.0. The van der Waals surface area contributed by atoms with E-state index < -0.39 is 11.5 Å². The summed E-state index contributed by atoms with van der Waals surface area (Å²) in [7, 11) is 1.72. The maximum Gasteiger partial charge on any atom is 0.328 e. The quantitative estimate of drug-likeness (QED) is 0.686. The molecule has 0 spiro atoms. The fourth-order valence-corrected chi connectivity index (χ4v) is 3.41. The van der Waals surface area contributed by atoms with E-state index in [9.17, 15) is 9.90 Å². The highest BCUT2D eigenvalue weighted by Crippen LogP contribution is 2.27. The van der Waals surface area contributed by atoms with Crippen molar-refractivity contribution in [3.05, 3.63) is 35.9 Å². The van der Waals surface area contributed by atoms with Crippen LogP contribution >= 0.6 is 11.8 Å². The highest BCUT2D eigenvalue weighted by molar-refractivity contribution is 7.99. The summed E-state index contributed by atoms with van der Waals surface area (Å²) in [4.78, 5) is 11.8. The standard InChI is InChI=1S/C16H25NO2S/c1-13(2)9-11-20-12-10-16(17-3,15(18)19)14-7-5-4-6-8-14/h4-8,13,17H,9-12H2,1-3H3,(H,18,19). The van der Waals surface area contributed by atoms with Crippen molar-refractivity contribution in [2.75, 3.05) is 18.6 Å². The molecule has 0 aliphatic carbocycles. The minimum atomic E-state index is -0.980. The van der Waals surface area contributed by atoms with Gasteiger partial charge in [0.25, 0.3) is 0 Å². The molecule has 1 aromatic rings. The van der Waals surface area contributed by atoms with Crippen molar-refractivity contribution in [2.24, 2.45) is 5.92 Å². The van der Waals surface area contributed by atoms with Gasteiger partial charge in [-0.15, -0.1) is 0 Å². The van der Waals surface area contributed by atoms with E-state index >= 15 is 0 Å². The van der Waals surface area contributed by atoms with Crippen LogP contribution < -0.4 is 5.32 Å². The summed E-state index contributed by atoms with van der Waals surface area (Å²) in [6, 6.07) is 9.43. The molecule has 2 N–H and O–H groups in total. The molecule has 1 aromatic carbocycles. The van der Waals surface area contributed by atoms with Crippen LogP contribution in [0, 0.1) is 5.92 Å². The van der Waals surface area contributed by atoms with Gasteiger partial charge < -0.3 is 10.4 Å². The molecule has 0 fully saturated rings. The van der Waals surface area contributed by atoms with Crippen molar-refractivity contribution in [2.45, 2.75) is 32.2 Å². The number of carboxylic acid groups (broad SMARTS) is 1. The first kappa shape index (κ1) is 17.1. The number of aliphatic carboxylic acids is 1. The van der Waals surface area contributed by atoms with E-state index in [1.807, 2.05) is 42.1 Å². The first-order valence-corrected chi connectivity index (χ1v) is 8.24. The fourth-order valence-electron chi connectivity index (χ4n) is 2.12. The van der Waals surface area contributed by atoms with E-state index in [4.69, 9.17) is 0 Å². The van der Waals surface area contributed by atoms with E-state index in [2.05, 4.69) is 19.2 Å². The number of hydrogen-bond donors (Lipinski definition) is 2. The SMILES string of the molecule is CNC(CCSCCC(C)C)(C(=O)O)c1ccccc1. The van der Waals surface area contributed by atoms with Crippen molar-refractivity contribution < 1.29 is 9.90 Å². The first-order valence-electron chi connectivity index (χ1n) is 7.08. The molecule has 0 saturated heterocycles. The van der Waals surface area contributed by atoms with Gasteiger partial charge in [0.15, 0.2) is 0 Å². The second-order valence-corrected chi connectivity index (χ2v) is 6.60. The van der Waals surface area contributed by atoms with Crippen LogP contribution in [0.4, 0.5) is 0 Å². The lowest BCUT2D eigenvalue weighted by molar-refractivity contribution is -0.145. The largest absolute Gasteiger partial charge is 0.480 e. The Morgan fingerprint density at radius 2 is 1.95 bits per heavy atom. The molecule has 1 rings (SSSR count). The molecule has 20 heavy (non-hydrogen) atoms. The number of hydrogen-bond acceptors (Lipinski definition) is 3. The normalized spacial score (nSPS) is 14.2. The van der Waals surface area contributed by atoms with E-state index in [0.29, 0.717) is 12.3 Å². The summed E-state index contributed by atoms with van der Waals surface area (Å²) in [5, 5.41) is 12.7. The Balaban J connectivity index is 2.68. The summed E-state index contributed by atoms with van der Waals surface area (Å²) in [6.45, 7) is 4.42. The molecule has 0 aliphatic heterocycles. The van der Waals surface area contributed by atoms with Crippen LogP contribution in [0.2, 0.25) is 0 Å². The summed E-state index contributed by atoms with van der Waals surface area (Å²) in [5.74, 6) is 1.82. The zero-order valence-electron chi connectivity index (χ0n) is 12.6. The number of nitrogens with one attached hydrogen (secondary N) is 1. The molecule has 0 heterocycles. The molecular weight excluding hydrogens is 270 g/mol. The van der Waals surface area contributed by atoms with Crippen LogP contribution in [-0.4, -0.2) is 29.6 Å². The average molecular weight is 295 g/mol. The van der Waals surface area contributed by atoms with Gasteiger partial charge in [-0.3, -0.25) is 0 Å². The molecule has 112 valence electrons. The van der Waals surface area contributed by atoms with Crippen LogP contribution in [0.1, 0.15) is 32.3 Å². The number of likely N-dealkylation sites (N-methyl/N-ethyl adjacent to an activating group) is 1. The van der Waals surface area contributed by atoms with Gasteiger partial charge in [0.1, 0.15) is 5.54 Å². The van der Waals surface area contributed by atoms with Gasteiger partial charge in [0, 0.05) is 0 Å². The van der Waals surface area contributed by atoms with E-state index in [1.54, 1.807) is 7.05 Å². The Morgan fingerprint density at radius 1 is 1.30 bits per heavy atom. The number of benzene rings is 1. The van der Waals surface area contributed by atoms with E-state index in [-0.39, 0.29) is 0 Å². The van der Waals surface area contributed by atoms with Crippen LogP contribution in [0.25, 0.3) is 0 Å². The first-order chi connectivity index (χ1) is 9.53. The third kappa shape index (κ3) is 4.53. The van der Waals surface area contributed by atoms with Crippen molar-refractivity contribution in [3.8, 4) is 0 Å². The number of thioether (sulfide) groups is 1. The van der Waals surface area contributed by atoms with Crippen molar-refractivity contribution in [1.29, 1.82) is 0 Å². The van der Waals surface area contributed by atoms with Crippen molar-refractivity contribution in [3.63, 3.8) is 0 Å². The second-order valence-electron chi connectivity index (χ2n) is 5.37. The molecule has 1 atom stereocenters. The summed E-state index contributed by atoms with van der Waals surface area (Å²) >= 11 is 1.83. The van der Waals surface area contributed by atoms with Crippen LogP contribution in [0.3, 0.4) is 0 Å². The molecule has 4 heteroatoms. The van der Waals surface area contributed by atoms with Crippen LogP contribution in [0.15, 0.2) is 30.3 Å².